The molecule has 152 valence electrons. The maximum atomic E-state index is 12.3. The minimum absolute atomic E-state index is 0.0791. The third-order valence-corrected chi connectivity index (χ3v) is 7.45. The number of halogens is 1. The second kappa shape index (κ2) is 8.50. The Kier molecular flexibility index (Phi) is 5.99. The average molecular weight is 448 g/mol. The number of thioether (sulfide) groups is 1. The highest BCUT2D eigenvalue weighted by Gasteiger charge is 2.35. The predicted octanol–water partition coefficient (Wildman–Crippen LogP) is 3.89. The summed E-state index contributed by atoms with van der Waals surface area (Å²) >= 11 is 13.1. The van der Waals surface area contributed by atoms with Crippen LogP contribution in [0, 0.1) is 12.8 Å². The van der Waals surface area contributed by atoms with E-state index in [0.717, 1.165) is 41.6 Å². The number of benzene rings is 1. The molecule has 2 aromatic rings. The summed E-state index contributed by atoms with van der Waals surface area (Å²) in [5.41, 5.74) is 2.84. The molecule has 1 N–H and O–H groups in total. The maximum Gasteiger partial charge on any atom is 0.250 e. The zero-order chi connectivity index (χ0) is 20.5. The Morgan fingerprint density at radius 3 is 2.90 bits per heavy atom. The number of pyridine rings is 1. The Hall–Kier alpha value is -1.83. The van der Waals surface area contributed by atoms with Gasteiger partial charge in [0.05, 0.1) is 5.75 Å². The number of likely N-dealkylation sites (tertiary alicyclic amines) is 1. The second-order valence-electron chi connectivity index (χ2n) is 7.67. The Morgan fingerprint density at radius 2 is 2.10 bits per heavy atom. The van der Waals surface area contributed by atoms with Crippen molar-refractivity contribution in [2.45, 2.75) is 25.8 Å². The maximum absolute atomic E-state index is 12.3. The Labute approximate surface area is 184 Å². The van der Waals surface area contributed by atoms with Crippen LogP contribution < -0.4 is 10.9 Å². The number of hydrogen-bond acceptors (Lipinski definition) is 4. The Balaban J connectivity index is 1.34. The van der Waals surface area contributed by atoms with Crippen molar-refractivity contribution in [2.24, 2.45) is 5.92 Å². The molecular weight excluding hydrogens is 426 g/mol. The molecular formula is C21H22ClN3O2S2. The quantitative estimate of drug-likeness (QED) is 0.723. The van der Waals surface area contributed by atoms with Gasteiger partial charge in [0.15, 0.2) is 0 Å². The first-order valence-corrected chi connectivity index (χ1v) is 11.4. The molecule has 2 atom stereocenters. The van der Waals surface area contributed by atoms with Crippen molar-refractivity contribution in [2.75, 3.05) is 24.2 Å². The standard InChI is InChI=1S/C21H22ClN3O2S2/c1-13-5-6-16(8-17(13)22)23-19(26)12-29-21(28)24-9-14-7-15(11-24)18-3-2-4-20(27)25(18)10-14/h2-6,8,14-15H,7,9-12H2,1H3,(H,23,26)/t14-,15-/m1/s1. The predicted molar refractivity (Wildman–Crippen MR) is 123 cm³/mol. The van der Waals surface area contributed by atoms with Gasteiger partial charge in [-0.15, -0.1) is 0 Å². The van der Waals surface area contributed by atoms with Crippen LogP contribution in [-0.2, 0) is 11.3 Å². The number of carbonyl (C=O) groups is 1. The number of piperidine rings is 1. The molecule has 2 aliphatic heterocycles. The number of amides is 1. The first kappa shape index (κ1) is 20.4. The number of fused-ring (bicyclic) bond motifs is 4. The number of hydrogen-bond donors (Lipinski definition) is 1. The highest BCUT2D eigenvalue weighted by atomic mass is 35.5. The van der Waals surface area contributed by atoms with Crippen molar-refractivity contribution in [3.8, 4) is 0 Å². The van der Waals surface area contributed by atoms with Gasteiger partial charge in [0.25, 0.3) is 5.56 Å². The summed E-state index contributed by atoms with van der Waals surface area (Å²) in [7, 11) is 0. The lowest BCUT2D eigenvalue weighted by Gasteiger charge is -2.43. The van der Waals surface area contributed by atoms with Gasteiger partial charge in [0.2, 0.25) is 5.91 Å². The van der Waals surface area contributed by atoms with Crippen molar-refractivity contribution in [1.29, 1.82) is 0 Å². The van der Waals surface area contributed by atoms with Crippen LogP contribution in [0.15, 0.2) is 41.2 Å². The van der Waals surface area contributed by atoms with Gasteiger partial charge in [-0.1, -0.05) is 47.7 Å². The summed E-state index contributed by atoms with van der Waals surface area (Å²) in [4.78, 5) is 26.6. The van der Waals surface area contributed by atoms with Crippen LogP contribution in [-0.4, -0.2) is 38.5 Å². The lowest BCUT2D eigenvalue weighted by molar-refractivity contribution is -0.113. The number of carbonyl (C=O) groups excluding carboxylic acids is 1. The van der Waals surface area contributed by atoms with Crippen LogP contribution >= 0.6 is 35.6 Å². The van der Waals surface area contributed by atoms with Crippen LogP contribution in [0.2, 0.25) is 5.02 Å². The summed E-state index contributed by atoms with van der Waals surface area (Å²) in [5.74, 6) is 0.861. The molecule has 0 spiro atoms. The number of nitrogens with one attached hydrogen (secondary N) is 1. The normalized spacial score (nSPS) is 20.1. The molecule has 1 saturated heterocycles. The third-order valence-electron chi connectivity index (χ3n) is 5.52. The molecule has 0 aliphatic carbocycles. The van der Waals surface area contributed by atoms with Crippen LogP contribution in [0.25, 0.3) is 0 Å². The molecule has 3 heterocycles. The van der Waals surface area contributed by atoms with E-state index in [-0.39, 0.29) is 17.2 Å². The lowest BCUT2D eigenvalue weighted by Crippen LogP contribution is -2.48. The molecule has 2 bridgehead atoms. The molecule has 0 radical (unpaired) electrons. The SMILES string of the molecule is Cc1ccc(NC(=O)CSC(=S)N2C[C@H]3C[C@H](C2)c2cccc(=O)n2C3)cc1Cl. The number of nitrogens with zero attached hydrogens (tertiary/aromatic N) is 2. The lowest BCUT2D eigenvalue weighted by atomic mass is 9.83. The van der Waals surface area contributed by atoms with Gasteiger partial charge in [-0.25, -0.2) is 0 Å². The first-order chi connectivity index (χ1) is 13.9. The van der Waals surface area contributed by atoms with E-state index in [0.29, 0.717) is 22.5 Å². The van der Waals surface area contributed by atoms with Crippen molar-refractivity contribution in [3.63, 3.8) is 0 Å². The van der Waals surface area contributed by atoms with E-state index in [2.05, 4.69) is 10.2 Å². The molecule has 4 rings (SSSR count). The number of anilines is 1. The monoisotopic (exact) mass is 447 g/mol. The van der Waals surface area contributed by atoms with Crippen molar-refractivity contribution < 1.29 is 4.79 Å². The van der Waals surface area contributed by atoms with E-state index < -0.39 is 0 Å². The number of thiocarbonyl (C=S) groups is 1. The van der Waals surface area contributed by atoms with Gasteiger partial charge in [-0.05, 0) is 43.0 Å². The first-order valence-electron chi connectivity index (χ1n) is 9.58. The molecule has 8 heteroatoms. The van der Waals surface area contributed by atoms with Crippen molar-refractivity contribution >= 4 is 51.5 Å². The van der Waals surface area contributed by atoms with Crippen LogP contribution in [0.4, 0.5) is 5.69 Å². The molecule has 5 nitrogen and oxygen atoms in total. The van der Waals surface area contributed by atoms with Gasteiger partial charge in [-0.3, -0.25) is 9.59 Å². The summed E-state index contributed by atoms with van der Waals surface area (Å²) in [6, 6.07) is 11.0. The molecule has 0 saturated carbocycles. The van der Waals surface area contributed by atoms with E-state index >= 15 is 0 Å². The molecule has 29 heavy (non-hydrogen) atoms. The van der Waals surface area contributed by atoms with Gasteiger partial charge < -0.3 is 14.8 Å². The van der Waals surface area contributed by atoms with E-state index in [1.807, 2.05) is 35.8 Å². The second-order valence-corrected chi connectivity index (χ2v) is 9.69. The number of rotatable bonds is 3. The van der Waals surface area contributed by atoms with Crippen molar-refractivity contribution in [1.82, 2.24) is 9.47 Å². The minimum Gasteiger partial charge on any atom is -0.356 e. The zero-order valence-electron chi connectivity index (χ0n) is 16.1. The van der Waals surface area contributed by atoms with Gasteiger partial charge in [0.1, 0.15) is 4.32 Å². The zero-order valence-corrected chi connectivity index (χ0v) is 18.4. The number of aromatic nitrogens is 1. The topological polar surface area (TPSA) is 54.3 Å². The largest absolute Gasteiger partial charge is 0.356 e. The van der Waals surface area contributed by atoms with Crippen molar-refractivity contribution in [3.05, 3.63) is 63.0 Å². The fraction of sp³-hybridized carbons (Fsp3) is 0.381. The van der Waals surface area contributed by atoms with Gasteiger partial charge >= 0.3 is 0 Å². The Bertz CT molecular complexity index is 1020. The average Bonchev–Trinajstić information content (AvgIpc) is 2.69. The van der Waals surface area contributed by atoms with Crippen LogP contribution in [0.1, 0.15) is 23.6 Å². The summed E-state index contributed by atoms with van der Waals surface area (Å²) in [6.45, 7) is 4.29. The fourth-order valence-corrected chi connectivity index (χ4v) is 5.30. The molecule has 1 fully saturated rings. The van der Waals surface area contributed by atoms with E-state index in [4.69, 9.17) is 23.8 Å². The smallest absolute Gasteiger partial charge is 0.250 e. The van der Waals surface area contributed by atoms with E-state index in [9.17, 15) is 9.59 Å². The molecule has 2 aliphatic rings. The van der Waals surface area contributed by atoms with E-state index in [1.54, 1.807) is 12.1 Å². The molecule has 0 unspecified atom stereocenters. The highest BCUT2D eigenvalue weighted by molar-refractivity contribution is 8.23. The molecule has 1 aromatic heterocycles. The minimum atomic E-state index is -0.105. The number of aryl methyl sites for hydroxylation is 1. The molecule has 1 aromatic carbocycles. The summed E-state index contributed by atoms with van der Waals surface area (Å²) < 4.78 is 2.65. The van der Waals surface area contributed by atoms with E-state index in [1.165, 1.54) is 11.8 Å². The summed E-state index contributed by atoms with van der Waals surface area (Å²) in [5, 5.41) is 3.50. The van der Waals surface area contributed by atoms with Crippen LogP contribution in [0.5, 0.6) is 0 Å². The highest BCUT2D eigenvalue weighted by Crippen LogP contribution is 2.36. The van der Waals surface area contributed by atoms with Gasteiger partial charge in [-0.2, -0.15) is 0 Å². The summed E-state index contributed by atoms with van der Waals surface area (Å²) in [6.07, 6.45) is 1.09. The van der Waals surface area contributed by atoms with Crippen LogP contribution in [0.3, 0.4) is 0 Å². The Morgan fingerprint density at radius 1 is 1.28 bits per heavy atom. The third kappa shape index (κ3) is 4.52. The fourth-order valence-electron chi connectivity index (χ4n) is 4.13. The molecule has 1 amide bonds. The van der Waals surface area contributed by atoms with Gasteiger partial charge in [0, 0.05) is 48.0 Å².